The van der Waals surface area contributed by atoms with Gasteiger partial charge in [0.15, 0.2) is 0 Å². The smallest absolute Gasteiger partial charge is 0.410 e. The molecule has 2 aromatic heterocycles. The zero-order chi connectivity index (χ0) is 17.5. The summed E-state index contributed by atoms with van der Waals surface area (Å²) < 4.78 is 8.25. The highest BCUT2D eigenvalue weighted by Crippen LogP contribution is 2.35. The second-order valence-electron chi connectivity index (χ2n) is 6.93. The summed E-state index contributed by atoms with van der Waals surface area (Å²) in [6, 6.07) is 1.98. The molecule has 0 aromatic carbocycles. The van der Waals surface area contributed by atoms with E-state index in [-0.39, 0.29) is 6.09 Å². The number of pyridine rings is 1. The van der Waals surface area contributed by atoms with E-state index in [1.54, 1.807) is 11.1 Å². The van der Waals surface area contributed by atoms with Gasteiger partial charge in [-0.05, 0) is 60.8 Å². The van der Waals surface area contributed by atoms with Crippen LogP contribution in [0.15, 0.2) is 23.1 Å². The van der Waals surface area contributed by atoms with Gasteiger partial charge in [-0.15, -0.1) is 0 Å². The molecule has 1 amide bonds. The van der Waals surface area contributed by atoms with Crippen molar-refractivity contribution in [1.29, 1.82) is 0 Å². The van der Waals surface area contributed by atoms with Gasteiger partial charge in [0, 0.05) is 24.5 Å². The zero-order valence-electron chi connectivity index (χ0n) is 14.3. The Morgan fingerprint density at radius 2 is 2.08 bits per heavy atom. The molecule has 0 N–H and O–H groups in total. The maximum absolute atomic E-state index is 12.4. The number of hydrogen-bond donors (Lipinski definition) is 0. The largest absolute Gasteiger partial charge is 0.444 e. The predicted octanol–water partition coefficient (Wildman–Crippen LogP) is 3.77. The molecular weight excluding hydrogens is 372 g/mol. The van der Waals surface area contributed by atoms with Crippen molar-refractivity contribution in [1.82, 2.24) is 19.7 Å². The molecular formula is C17H21BrN4O2. The number of rotatable bonds is 1. The molecule has 128 valence electrons. The number of carbonyl (C=O) groups is 1. The van der Waals surface area contributed by atoms with E-state index in [9.17, 15) is 4.79 Å². The molecule has 0 unspecified atom stereocenters. The van der Waals surface area contributed by atoms with Gasteiger partial charge in [0.1, 0.15) is 10.2 Å². The van der Waals surface area contributed by atoms with Crippen molar-refractivity contribution in [2.24, 2.45) is 0 Å². The number of hydrogen-bond acceptors (Lipinski definition) is 4. The standard InChI is InChI=1S/C17H21BrN4O2/c1-11-9-19-6-5-12(11)14-13-10-21(16(23)24-17(2,3)4)7-8-22(13)20-15(14)18/h5-6,9H,7-8,10H2,1-4H3. The van der Waals surface area contributed by atoms with Gasteiger partial charge in [0.05, 0.1) is 18.8 Å². The van der Waals surface area contributed by atoms with Crippen LogP contribution < -0.4 is 0 Å². The van der Waals surface area contributed by atoms with Gasteiger partial charge in [-0.1, -0.05) is 0 Å². The Balaban J connectivity index is 1.94. The third-order valence-corrected chi connectivity index (χ3v) is 4.43. The van der Waals surface area contributed by atoms with Crippen LogP contribution in [0.25, 0.3) is 11.1 Å². The molecule has 0 spiro atoms. The minimum absolute atomic E-state index is 0.288. The number of fused-ring (bicyclic) bond motifs is 1. The lowest BCUT2D eigenvalue weighted by Crippen LogP contribution is -2.41. The summed E-state index contributed by atoms with van der Waals surface area (Å²) in [5.41, 5.74) is 3.67. The first-order chi connectivity index (χ1) is 11.3. The third kappa shape index (κ3) is 3.31. The van der Waals surface area contributed by atoms with Crippen LogP contribution in [-0.2, 0) is 17.8 Å². The van der Waals surface area contributed by atoms with Gasteiger partial charge in [-0.25, -0.2) is 4.79 Å². The highest BCUT2D eigenvalue weighted by atomic mass is 79.9. The Morgan fingerprint density at radius 3 is 2.75 bits per heavy atom. The molecule has 24 heavy (non-hydrogen) atoms. The fourth-order valence-corrected chi connectivity index (χ4v) is 3.42. The molecule has 0 fully saturated rings. The quantitative estimate of drug-likeness (QED) is 0.740. The van der Waals surface area contributed by atoms with Crippen LogP contribution >= 0.6 is 15.9 Å². The minimum Gasteiger partial charge on any atom is -0.444 e. The number of amides is 1. The Hall–Kier alpha value is -1.89. The first-order valence-electron chi connectivity index (χ1n) is 7.90. The molecule has 0 saturated carbocycles. The summed E-state index contributed by atoms with van der Waals surface area (Å²) in [6.45, 7) is 9.37. The minimum atomic E-state index is -0.500. The molecule has 0 atom stereocenters. The Kier molecular flexibility index (Phi) is 4.38. The number of carbonyl (C=O) groups excluding carboxylic acids is 1. The van der Waals surface area contributed by atoms with Crippen molar-refractivity contribution >= 4 is 22.0 Å². The molecule has 0 bridgehead atoms. The molecule has 0 aliphatic carbocycles. The highest BCUT2D eigenvalue weighted by molar-refractivity contribution is 9.10. The molecule has 2 aromatic rings. The van der Waals surface area contributed by atoms with Crippen LogP contribution in [0.1, 0.15) is 32.0 Å². The van der Waals surface area contributed by atoms with Crippen LogP contribution in [0.4, 0.5) is 4.79 Å². The molecule has 3 rings (SSSR count). The summed E-state index contributed by atoms with van der Waals surface area (Å²) in [5.74, 6) is 0. The summed E-state index contributed by atoms with van der Waals surface area (Å²) in [4.78, 5) is 18.3. The van der Waals surface area contributed by atoms with Crippen LogP contribution in [0.5, 0.6) is 0 Å². The number of nitrogens with zero attached hydrogens (tertiary/aromatic N) is 4. The molecule has 7 heteroatoms. The molecule has 6 nitrogen and oxygen atoms in total. The van der Waals surface area contributed by atoms with Crippen molar-refractivity contribution < 1.29 is 9.53 Å². The summed E-state index contributed by atoms with van der Waals surface area (Å²) >= 11 is 3.57. The number of aryl methyl sites for hydroxylation is 1. The monoisotopic (exact) mass is 392 g/mol. The summed E-state index contributed by atoms with van der Waals surface area (Å²) in [6.07, 6.45) is 3.32. The fraction of sp³-hybridized carbons (Fsp3) is 0.471. The van der Waals surface area contributed by atoms with Crippen molar-refractivity contribution in [2.75, 3.05) is 6.54 Å². The van der Waals surface area contributed by atoms with Crippen molar-refractivity contribution in [3.8, 4) is 11.1 Å². The second kappa shape index (κ2) is 6.20. The van der Waals surface area contributed by atoms with E-state index in [2.05, 4.69) is 26.0 Å². The molecule has 0 saturated heterocycles. The lowest BCUT2D eigenvalue weighted by molar-refractivity contribution is 0.0195. The van der Waals surface area contributed by atoms with Gasteiger partial charge in [0.25, 0.3) is 0 Å². The number of halogens is 1. The lowest BCUT2D eigenvalue weighted by atomic mass is 10.0. The molecule has 1 aliphatic rings. The zero-order valence-corrected chi connectivity index (χ0v) is 15.9. The molecule has 0 radical (unpaired) electrons. The lowest BCUT2D eigenvalue weighted by Gasteiger charge is -2.30. The van der Waals surface area contributed by atoms with E-state index in [4.69, 9.17) is 4.74 Å². The fourth-order valence-electron chi connectivity index (χ4n) is 2.79. The van der Waals surface area contributed by atoms with Crippen LogP contribution in [0.3, 0.4) is 0 Å². The average Bonchev–Trinajstić information content (AvgIpc) is 2.81. The number of aromatic nitrogens is 3. The average molecular weight is 393 g/mol. The van der Waals surface area contributed by atoms with E-state index in [0.29, 0.717) is 19.6 Å². The molecule has 3 heterocycles. The van der Waals surface area contributed by atoms with Crippen molar-refractivity contribution in [3.63, 3.8) is 0 Å². The van der Waals surface area contributed by atoms with E-state index in [0.717, 1.165) is 27.0 Å². The predicted molar refractivity (Wildman–Crippen MR) is 94.5 cm³/mol. The van der Waals surface area contributed by atoms with Gasteiger partial charge in [-0.2, -0.15) is 5.10 Å². The highest BCUT2D eigenvalue weighted by Gasteiger charge is 2.29. The Bertz CT molecular complexity index is 779. The van der Waals surface area contributed by atoms with Crippen molar-refractivity contribution in [3.05, 3.63) is 34.3 Å². The Morgan fingerprint density at radius 1 is 1.33 bits per heavy atom. The second-order valence-corrected chi connectivity index (χ2v) is 7.68. The summed E-state index contributed by atoms with van der Waals surface area (Å²) in [5, 5.41) is 4.57. The van der Waals surface area contributed by atoms with Gasteiger partial charge < -0.3 is 9.64 Å². The first-order valence-corrected chi connectivity index (χ1v) is 8.69. The SMILES string of the molecule is Cc1cnccc1-c1c(Br)nn2c1CN(C(=O)OC(C)(C)C)CC2. The van der Waals surface area contributed by atoms with Gasteiger partial charge >= 0.3 is 6.09 Å². The van der Waals surface area contributed by atoms with Crippen LogP contribution in [-0.4, -0.2) is 37.9 Å². The Labute approximate surface area is 149 Å². The maximum atomic E-state index is 12.4. The normalized spacial score (nSPS) is 14.5. The van der Waals surface area contributed by atoms with Crippen molar-refractivity contribution in [2.45, 2.75) is 46.4 Å². The number of ether oxygens (including phenoxy) is 1. The van der Waals surface area contributed by atoms with Gasteiger partial charge in [0.2, 0.25) is 0 Å². The van der Waals surface area contributed by atoms with E-state index in [1.165, 1.54) is 0 Å². The van der Waals surface area contributed by atoms with E-state index < -0.39 is 5.60 Å². The third-order valence-electron chi connectivity index (χ3n) is 3.88. The topological polar surface area (TPSA) is 60.2 Å². The van der Waals surface area contributed by atoms with Crippen LogP contribution in [0, 0.1) is 6.92 Å². The maximum Gasteiger partial charge on any atom is 0.410 e. The first kappa shape index (κ1) is 17.0. The molecule has 1 aliphatic heterocycles. The van der Waals surface area contributed by atoms with Crippen LogP contribution in [0.2, 0.25) is 0 Å². The van der Waals surface area contributed by atoms with E-state index >= 15 is 0 Å². The van der Waals surface area contributed by atoms with Gasteiger partial charge in [-0.3, -0.25) is 9.67 Å². The van der Waals surface area contributed by atoms with E-state index in [1.807, 2.05) is 44.6 Å². The summed E-state index contributed by atoms with van der Waals surface area (Å²) in [7, 11) is 0.